The maximum Gasteiger partial charge on any atom is 0.573 e. The molecular formula is C12H11F3O2. The Kier molecular flexibility index (Phi) is 4.85. The lowest BCUT2D eigenvalue weighted by Crippen LogP contribution is -2.16. The van der Waals surface area contributed by atoms with E-state index in [0.717, 1.165) is 0 Å². The van der Waals surface area contributed by atoms with E-state index >= 15 is 0 Å². The first-order valence-electron chi connectivity index (χ1n) is 4.97. The Bertz CT molecular complexity index is 398. The molecule has 1 N–H and O–H groups in total. The fraction of sp³-hybridized carbons (Fsp3) is 0.333. The van der Waals surface area contributed by atoms with Crippen LogP contribution in [-0.2, 0) is 0 Å². The molecule has 0 bridgehead atoms. The van der Waals surface area contributed by atoms with Crippen molar-refractivity contribution in [3.8, 4) is 17.6 Å². The molecule has 0 unspecified atom stereocenters. The fourth-order valence-corrected chi connectivity index (χ4v) is 1.07. The van der Waals surface area contributed by atoms with E-state index in [9.17, 15) is 13.2 Å². The summed E-state index contributed by atoms with van der Waals surface area (Å²) < 4.78 is 39.3. The SMILES string of the molecule is OCCCC#Cc1ccc(OC(F)(F)F)cc1. The number of unbranched alkanes of at least 4 members (excludes halogenated alkanes) is 1. The minimum atomic E-state index is -4.67. The van der Waals surface area contributed by atoms with Gasteiger partial charge in [-0.25, -0.2) is 0 Å². The van der Waals surface area contributed by atoms with Gasteiger partial charge in [0.1, 0.15) is 5.75 Å². The van der Waals surface area contributed by atoms with Gasteiger partial charge >= 0.3 is 6.36 Å². The van der Waals surface area contributed by atoms with Crippen molar-refractivity contribution in [3.63, 3.8) is 0 Å². The highest BCUT2D eigenvalue weighted by molar-refractivity contribution is 5.38. The summed E-state index contributed by atoms with van der Waals surface area (Å²) >= 11 is 0. The van der Waals surface area contributed by atoms with Gasteiger partial charge in [0, 0.05) is 18.6 Å². The van der Waals surface area contributed by atoms with Crippen LogP contribution in [0.2, 0.25) is 0 Å². The molecule has 0 saturated heterocycles. The van der Waals surface area contributed by atoms with Gasteiger partial charge in [-0.3, -0.25) is 0 Å². The van der Waals surface area contributed by atoms with Crippen LogP contribution in [0.15, 0.2) is 24.3 Å². The van der Waals surface area contributed by atoms with Crippen LogP contribution < -0.4 is 4.74 Å². The number of aliphatic hydroxyl groups is 1. The molecule has 0 spiro atoms. The summed E-state index contributed by atoms with van der Waals surface area (Å²) in [5.41, 5.74) is 0.609. The third-order valence-electron chi connectivity index (χ3n) is 1.78. The van der Waals surface area contributed by atoms with E-state index in [0.29, 0.717) is 18.4 Å². The first kappa shape index (κ1) is 13.4. The Labute approximate surface area is 97.0 Å². The van der Waals surface area contributed by atoms with Gasteiger partial charge in [-0.15, -0.1) is 13.2 Å². The second kappa shape index (κ2) is 6.16. The van der Waals surface area contributed by atoms with Gasteiger partial charge in [0.05, 0.1) is 0 Å². The molecule has 17 heavy (non-hydrogen) atoms. The molecule has 0 fully saturated rings. The summed E-state index contributed by atoms with van der Waals surface area (Å²) in [7, 11) is 0. The van der Waals surface area contributed by atoms with Crippen LogP contribution in [0.4, 0.5) is 13.2 Å². The molecular weight excluding hydrogens is 233 g/mol. The summed E-state index contributed by atoms with van der Waals surface area (Å²) in [6.45, 7) is 0.0764. The predicted octanol–water partition coefficient (Wildman–Crippen LogP) is 2.71. The fourth-order valence-electron chi connectivity index (χ4n) is 1.07. The van der Waals surface area contributed by atoms with Gasteiger partial charge < -0.3 is 9.84 Å². The zero-order chi connectivity index (χ0) is 12.7. The first-order chi connectivity index (χ1) is 8.01. The largest absolute Gasteiger partial charge is 0.573 e. The molecule has 92 valence electrons. The summed E-state index contributed by atoms with van der Waals surface area (Å²) in [5.74, 6) is 5.30. The van der Waals surface area contributed by atoms with Gasteiger partial charge in [-0.2, -0.15) is 0 Å². The molecule has 1 aromatic carbocycles. The van der Waals surface area contributed by atoms with Crippen LogP contribution in [0.3, 0.4) is 0 Å². The van der Waals surface area contributed by atoms with Crippen molar-refractivity contribution in [2.24, 2.45) is 0 Å². The molecule has 0 saturated carbocycles. The number of ether oxygens (including phenoxy) is 1. The van der Waals surface area contributed by atoms with E-state index in [4.69, 9.17) is 5.11 Å². The second-order valence-corrected chi connectivity index (χ2v) is 3.20. The van der Waals surface area contributed by atoms with Crippen molar-refractivity contribution in [1.82, 2.24) is 0 Å². The monoisotopic (exact) mass is 244 g/mol. The second-order valence-electron chi connectivity index (χ2n) is 3.20. The number of aliphatic hydroxyl groups excluding tert-OH is 1. The molecule has 1 aromatic rings. The average Bonchev–Trinajstić information content (AvgIpc) is 2.25. The molecule has 0 aliphatic rings. The van der Waals surface area contributed by atoms with E-state index in [1.807, 2.05) is 0 Å². The minimum Gasteiger partial charge on any atom is -0.406 e. The number of hydrogen-bond acceptors (Lipinski definition) is 2. The van der Waals surface area contributed by atoms with Crippen molar-refractivity contribution in [2.45, 2.75) is 19.2 Å². The number of alkyl halides is 3. The molecule has 0 aromatic heterocycles. The highest BCUT2D eigenvalue weighted by Gasteiger charge is 2.30. The van der Waals surface area contributed by atoms with Gasteiger partial charge in [0.15, 0.2) is 0 Å². The maximum atomic E-state index is 11.9. The van der Waals surface area contributed by atoms with E-state index in [1.165, 1.54) is 24.3 Å². The molecule has 0 aliphatic heterocycles. The average molecular weight is 244 g/mol. The Balaban J connectivity index is 2.58. The van der Waals surface area contributed by atoms with E-state index in [2.05, 4.69) is 16.6 Å². The Morgan fingerprint density at radius 2 is 1.82 bits per heavy atom. The lowest BCUT2D eigenvalue weighted by molar-refractivity contribution is -0.274. The highest BCUT2D eigenvalue weighted by atomic mass is 19.4. The van der Waals surface area contributed by atoms with E-state index < -0.39 is 6.36 Å². The van der Waals surface area contributed by atoms with Gasteiger partial charge in [0.25, 0.3) is 0 Å². The van der Waals surface area contributed by atoms with Crippen LogP contribution in [0.5, 0.6) is 5.75 Å². The van der Waals surface area contributed by atoms with E-state index in [-0.39, 0.29) is 12.4 Å². The molecule has 5 heteroatoms. The number of hydrogen-bond donors (Lipinski definition) is 1. The maximum absolute atomic E-state index is 11.9. The third kappa shape index (κ3) is 5.83. The summed E-state index contributed by atoms with van der Waals surface area (Å²) in [6, 6.07) is 5.33. The van der Waals surface area contributed by atoms with Crippen molar-refractivity contribution in [1.29, 1.82) is 0 Å². The van der Waals surface area contributed by atoms with Gasteiger partial charge in [-0.1, -0.05) is 11.8 Å². The number of halogens is 3. The smallest absolute Gasteiger partial charge is 0.406 e. The number of rotatable bonds is 3. The zero-order valence-corrected chi connectivity index (χ0v) is 8.92. The Morgan fingerprint density at radius 1 is 1.18 bits per heavy atom. The van der Waals surface area contributed by atoms with Crippen LogP contribution in [0.1, 0.15) is 18.4 Å². The van der Waals surface area contributed by atoms with Crippen LogP contribution >= 0.6 is 0 Å². The van der Waals surface area contributed by atoms with Crippen molar-refractivity contribution in [2.75, 3.05) is 6.61 Å². The van der Waals surface area contributed by atoms with Crippen LogP contribution in [0, 0.1) is 11.8 Å². The molecule has 0 atom stereocenters. The molecule has 0 radical (unpaired) electrons. The number of benzene rings is 1. The van der Waals surface area contributed by atoms with Gasteiger partial charge in [0.2, 0.25) is 0 Å². The Morgan fingerprint density at radius 3 is 2.35 bits per heavy atom. The molecule has 2 nitrogen and oxygen atoms in total. The quantitative estimate of drug-likeness (QED) is 0.654. The normalized spacial score (nSPS) is 10.6. The van der Waals surface area contributed by atoms with Crippen LogP contribution in [-0.4, -0.2) is 18.1 Å². The molecule has 0 heterocycles. The minimum absolute atomic E-state index is 0.0764. The zero-order valence-electron chi connectivity index (χ0n) is 8.92. The Hall–Kier alpha value is -1.67. The predicted molar refractivity (Wildman–Crippen MR) is 56.3 cm³/mol. The van der Waals surface area contributed by atoms with E-state index in [1.54, 1.807) is 0 Å². The lowest BCUT2D eigenvalue weighted by Gasteiger charge is -2.07. The van der Waals surface area contributed by atoms with Crippen LogP contribution in [0.25, 0.3) is 0 Å². The van der Waals surface area contributed by atoms with Gasteiger partial charge in [-0.05, 0) is 30.7 Å². The summed E-state index contributed by atoms with van der Waals surface area (Å²) in [6.07, 6.45) is -3.53. The summed E-state index contributed by atoms with van der Waals surface area (Å²) in [4.78, 5) is 0. The first-order valence-corrected chi connectivity index (χ1v) is 4.97. The van der Waals surface area contributed by atoms with Crippen molar-refractivity contribution < 1.29 is 23.0 Å². The molecule has 1 rings (SSSR count). The highest BCUT2D eigenvalue weighted by Crippen LogP contribution is 2.22. The third-order valence-corrected chi connectivity index (χ3v) is 1.78. The topological polar surface area (TPSA) is 29.5 Å². The van der Waals surface area contributed by atoms with Crippen molar-refractivity contribution >= 4 is 0 Å². The summed E-state index contributed by atoms with van der Waals surface area (Å²) in [5, 5.41) is 8.52. The molecule has 0 amide bonds. The van der Waals surface area contributed by atoms with Crippen molar-refractivity contribution in [3.05, 3.63) is 29.8 Å². The standard InChI is InChI=1S/C12H11F3O2/c13-12(14,15)17-11-7-5-10(6-8-11)4-2-1-3-9-16/h5-8,16H,1,3,9H2. The lowest BCUT2D eigenvalue weighted by atomic mass is 10.2. The molecule has 0 aliphatic carbocycles.